The Labute approximate surface area is 111 Å². The summed E-state index contributed by atoms with van der Waals surface area (Å²) in [6.45, 7) is 0.127. The third kappa shape index (κ3) is 2.95. The van der Waals surface area contributed by atoms with Crippen LogP contribution in [0.25, 0.3) is 0 Å². The summed E-state index contributed by atoms with van der Waals surface area (Å²) in [5.41, 5.74) is 6.07. The fraction of sp³-hybridized carbons (Fsp3) is 0.0833. The van der Waals surface area contributed by atoms with Crippen LogP contribution in [0.5, 0.6) is 5.88 Å². The molecule has 0 aliphatic carbocycles. The number of halogens is 3. The number of rotatable bonds is 3. The molecule has 6 heteroatoms. The third-order valence-electron chi connectivity index (χ3n) is 2.21. The molecular formula is C12H9BrF2N2O. The first-order valence-corrected chi connectivity index (χ1v) is 5.84. The van der Waals surface area contributed by atoms with Crippen molar-refractivity contribution >= 4 is 21.7 Å². The van der Waals surface area contributed by atoms with E-state index in [9.17, 15) is 8.78 Å². The summed E-state index contributed by atoms with van der Waals surface area (Å²) in [6, 6.07) is 7.95. The van der Waals surface area contributed by atoms with E-state index >= 15 is 0 Å². The Morgan fingerprint density at radius 1 is 1.17 bits per heavy atom. The van der Waals surface area contributed by atoms with Gasteiger partial charge in [0.25, 0.3) is 5.88 Å². The Hall–Kier alpha value is -1.69. The number of benzene rings is 1. The van der Waals surface area contributed by atoms with Crippen LogP contribution >= 0.6 is 15.9 Å². The quantitative estimate of drug-likeness (QED) is 0.945. The molecule has 18 heavy (non-hydrogen) atoms. The molecule has 94 valence electrons. The number of ether oxygens (including phenoxy) is 1. The standard InChI is InChI=1S/C12H9BrF2N2O/c13-8-3-1-7(2-4-8)6-18-12-10(15)5-9(14)11(16)17-12/h1-5H,6H2,(H2,16,17). The number of pyridine rings is 1. The lowest BCUT2D eigenvalue weighted by atomic mass is 10.2. The highest BCUT2D eigenvalue weighted by atomic mass is 79.9. The first-order valence-electron chi connectivity index (χ1n) is 5.05. The Bertz CT molecular complexity index is 561. The number of nitrogens with two attached hydrogens (primary N) is 1. The van der Waals surface area contributed by atoms with E-state index in [2.05, 4.69) is 20.9 Å². The number of aromatic nitrogens is 1. The van der Waals surface area contributed by atoms with E-state index in [-0.39, 0.29) is 18.3 Å². The summed E-state index contributed by atoms with van der Waals surface area (Å²) in [6.07, 6.45) is 0. The topological polar surface area (TPSA) is 48.1 Å². The van der Waals surface area contributed by atoms with E-state index in [0.717, 1.165) is 10.0 Å². The molecule has 0 radical (unpaired) electrons. The summed E-state index contributed by atoms with van der Waals surface area (Å²) in [5.74, 6) is -2.47. The van der Waals surface area contributed by atoms with E-state index in [1.165, 1.54) is 0 Å². The zero-order valence-electron chi connectivity index (χ0n) is 9.16. The van der Waals surface area contributed by atoms with Gasteiger partial charge < -0.3 is 10.5 Å². The van der Waals surface area contributed by atoms with Gasteiger partial charge in [0.1, 0.15) is 6.61 Å². The zero-order valence-corrected chi connectivity index (χ0v) is 10.7. The minimum Gasteiger partial charge on any atom is -0.471 e. The van der Waals surface area contributed by atoms with Crippen LogP contribution in [-0.2, 0) is 6.61 Å². The van der Waals surface area contributed by atoms with Crippen LogP contribution in [0.1, 0.15) is 5.56 Å². The van der Waals surface area contributed by atoms with E-state index in [4.69, 9.17) is 10.5 Å². The maximum atomic E-state index is 13.3. The fourth-order valence-electron chi connectivity index (χ4n) is 1.30. The molecule has 0 saturated carbocycles. The summed E-state index contributed by atoms with van der Waals surface area (Å²) < 4.78 is 32.3. The van der Waals surface area contributed by atoms with Crippen molar-refractivity contribution in [2.24, 2.45) is 0 Å². The molecule has 0 aliphatic rings. The summed E-state index contributed by atoms with van der Waals surface area (Å²) in [4.78, 5) is 3.50. The van der Waals surface area contributed by atoms with Crippen molar-refractivity contribution in [3.63, 3.8) is 0 Å². The molecule has 0 amide bonds. The van der Waals surface area contributed by atoms with Crippen LogP contribution in [0.2, 0.25) is 0 Å². The maximum Gasteiger partial charge on any atom is 0.252 e. The fourth-order valence-corrected chi connectivity index (χ4v) is 1.56. The van der Waals surface area contributed by atoms with Gasteiger partial charge in [-0.3, -0.25) is 0 Å². The van der Waals surface area contributed by atoms with Gasteiger partial charge in [0.05, 0.1) is 0 Å². The molecule has 1 heterocycles. The van der Waals surface area contributed by atoms with Gasteiger partial charge in [-0.1, -0.05) is 28.1 Å². The largest absolute Gasteiger partial charge is 0.471 e. The van der Waals surface area contributed by atoms with Gasteiger partial charge in [0.15, 0.2) is 17.5 Å². The smallest absolute Gasteiger partial charge is 0.252 e. The molecule has 2 N–H and O–H groups in total. The molecule has 0 atom stereocenters. The van der Waals surface area contributed by atoms with Crippen molar-refractivity contribution in [1.29, 1.82) is 0 Å². The number of hydrogen-bond acceptors (Lipinski definition) is 3. The van der Waals surface area contributed by atoms with Gasteiger partial charge in [0.2, 0.25) is 0 Å². The van der Waals surface area contributed by atoms with Gasteiger partial charge in [-0.25, -0.2) is 8.78 Å². The second kappa shape index (κ2) is 5.30. The van der Waals surface area contributed by atoms with E-state index in [0.29, 0.717) is 6.07 Å². The highest BCUT2D eigenvalue weighted by molar-refractivity contribution is 9.10. The van der Waals surface area contributed by atoms with Gasteiger partial charge in [-0.15, -0.1) is 0 Å². The van der Waals surface area contributed by atoms with Crippen LogP contribution in [0.3, 0.4) is 0 Å². The number of nitrogen functional groups attached to an aromatic ring is 1. The van der Waals surface area contributed by atoms with Crippen molar-refractivity contribution in [3.8, 4) is 5.88 Å². The van der Waals surface area contributed by atoms with Crippen LogP contribution in [-0.4, -0.2) is 4.98 Å². The molecule has 0 fully saturated rings. The van der Waals surface area contributed by atoms with Crippen molar-refractivity contribution in [3.05, 3.63) is 52.0 Å². The van der Waals surface area contributed by atoms with Gasteiger partial charge in [-0.2, -0.15) is 4.98 Å². The first kappa shape index (κ1) is 12.8. The summed E-state index contributed by atoms with van der Waals surface area (Å²) in [5, 5.41) is 0. The average molecular weight is 315 g/mol. The molecule has 2 aromatic rings. The van der Waals surface area contributed by atoms with E-state index < -0.39 is 11.6 Å². The van der Waals surface area contributed by atoms with Gasteiger partial charge in [-0.05, 0) is 17.7 Å². The van der Waals surface area contributed by atoms with Crippen molar-refractivity contribution in [2.75, 3.05) is 5.73 Å². The van der Waals surface area contributed by atoms with Crippen LogP contribution < -0.4 is 10.5 Å². The van der Waals surface area contributed by atoms with Crippen molar-refractivity contribution in [2.45, 2.75) is 6.61 Å². The minimum absolute atomic E-state index is 0.127. The molecule has 2 rings (SSSR count). The Kier molecular flexibility index (Phi) is 3.76. The van der Waals surface area contributed by atoms with Crippen LogP contribution in [0, 0.1) is 11.6 Å². The van der Waals surface area contributed by atoms with Crippen molar-refractivity contribution < 1.29 is 13.5 Å². The number of anilines is 1. The van der Waals surface area contributed by atoms with E-state index in [1.54, 1.807) is 0 Å². The Balaban J connectivity index is 2.10. The Morgan fingerprint density at radius 2 is 1.83 bits per heavy atom. The second-order valence-electron chi connectivity index (χ2n) is 3.56. The molecule has 0 spiro atoms. The molecule has 0 aliphatic heterocycles. The molecule has 1 aromatic carbocycles. The lowest BCUT2D eigenvalue weighted by molar-refractivity contribution is 0.276. The molecule has 0 unspecified atom stereocenters. The lowest BCUT2D eigenvalue weighted by Crippen LogP contribution is -2.03. The predicted octanol–water partition coefficient (Wildman–Crippen LogP) is 3.28. The molecule has 0 bridgehead atoms. The molecule has 1 aromatic heterocycles. The first-order chi connectivity index (χ1) is 8.56. The SMILES string of the molecule is Nc1nc(OCc2ccc(Br)cc2)c(F)cc1F. The van der Waals surface area contributed by atoms with Gasteiger partial charge >= 0.3 is 0 Å². The molecule has 0 saturated heterocycles. The third-order valence-corrected chi connectivity index (χ3v) is 2.74. The van der Waals surface area contributed by atoms with Crippen LogP contribution in [0.4, 0.5) is 14.6 Å². The maximum absolute atomic E-state index is 13.3. The van der Waals surface area contributed by atoms with Crippen LogP contribution in [0.15, 0.2) is 34.8 Å². The number of nitrogens with zero attached hydrogens (tertiary/aromatic N) is 1. The highest BCUT2D eigenvalue weighted by Crippen LogP contribution is 2.20. The van der Waals surface area contributed by atoms with Gasteiger partial charge in [0, 0.05) is 10.5 Å². The predicted molar refractivity (Wildman–Crippen MR) is 67.0 cm³/mol. The summed E-state index contributed by atoms with van der Waals surface area (Å²) >= 11 is 3.30. The zero-order chi connectivity index (χ0) is 13.1. The lowest BCUT2D eigenvalue weighted by Gasteiger charge is -2.07. The van der Waals surface area contributed by atoms with Crippen molar-refractivity contribution in [1.82, 2.24) is 4.98 Å². The van der Waals surface area contributed by atoms with E-state index in [1.807, 2.05) is 24.3 Å². The second-order valence-corrected chi connectivity index (χ2v) is 4.47. The summed E-state index contributed by atoms with van der Waals surface area (Å²) in [7, 11) is 0. The number of hydrogen-bond donors (Lipinski definition) is 1. The molecule has 3 nitrogen and oxygen atoms in total. The average Bonchev–Trinajstić information content (AvgIpc) is 2.34. The minimum atomic E-state index is -0.900. The normalized spacial score (nSPS) is 10.4. The Morgan fingerprint density at radius 3 is 2.50 bits per heavy atom. The molecular weight excluding hydrogens is 306 g/mol. The monoisotopic (exact) mass is 314 g/mol. The highest BCUT2D eigenvalue weighted by Gasteiger charge is 2.10.